The normalized spacial score (nSPS) is 19.4. The fraction of sp³-hybridized carbons (Fsp3) is 0.385. The Bertz CT molecular complexity index is 4150. The fourth-order valence-electron chi connectivity index (χ4n) is 10.2. The molecule has 0 radical (unpaired) electrons. The molecular weight excluding hydrogens is 1100 g/mol. The van der Waals surface area contributed by atoms with Crippen LogP contribution in [-0.4, -0.2) is 134 Å². The number of anilines is 4. The number of carboxylic acid groups (broad SMARTS) is 1. The van der Waals surface area contributed by atoms with Crippen molar-refractivity contribution in [3.63, 3.8) is 0 Å². The summed E-state index contributed by atoms with van der Waals surface area (Å²) < 4.78 is 59.7. The number of aromatic nitrogens is 14. The van der Waals surface area contributed by atoms with E-state index in [2.05, 4.69) is 45.2 Å². The van der Waals surface area contributed by atoms with Crippen LogP contribution >= 0.6 is 0 Å². The molecule has 2 aliphatic carbocycles. The lowest BCUT2D eigenvalue weighted by Crippen LogP contribution is -2.41. The first-order chi connectivity index (χ1) is 39.3. The van der Waals surface area contributed by atoms with Gasteiger partial charge in [-0.15, -0.1) is 0 Å². The van der Waals surface area contributed by atoms with Gasteiger partial charge in [0.15, 0.2) is 22.3 Å². The number of carbonyl (C=O) groups excluding carboxylic acids is 3. The largest absolute Gasteiger partial charge is 0.480 e. The number of alkyl halides is 4. The predicted octanol–water partition coefficient (Wildman–Crippen LogP) is 2.19. The lowest BCUT2D eigenvalue weighted by atomic mass is 10.2. The van der Waals surface area contributed by atoms with E-state index in [4.69, 9.17) is 10.8 Å². The number of ketones is 2. The number of rotatable bonds is 13. The zero-order valence-corrected chi connectivity index (χ0v) is 45.1. The number of hydrogen-bond acceptors (Lipinski definition) is 19. The van der Waals surface area contributed by atoms with E-state index in [-0.39, 0.29) is 59.3 Å². The smallest absolute Gasteiger partial charge is 0.332 e. The first-order valence-electron chi connectivity index (χ1n) is 25.7. The standard InChI is InChI=1S/C26H25F2N9O4.C14H13F2N5.C12H14N4O5/c1-13(38)9-36-24(40)21-22(34(3)25(36)41)31-12-37(21)14(2)23(39)33-19-6-4-5-17(32-19)18-7-30-20(8-29-18)35-10-15-16(11-35)26(15,27)28;15-14(16)8-6-21(7-9(8)14)13-5-18-11(4-19-13)10-2-1-3-12(17)20-10;1-6(17)4-15-10(18)8-9(14(3)12(15)21)13-5-16(8)7(2)11(19)20/h4-8,12,14-16H,9-11H2,1-3H3,(H,32,33,39);1-5,8-9H,6-7H2,(H2,17,20);5,7H,4H2,1-3H3,(H,19,20)/t14-,15?,16?;;7-/m0.0/s1. The molecule has 4 fully saturated rings. The highest BCUT2D eigenvalue weighted by Crippen LogP contribution is 2.60. The second kappa shape index (κ2) is 21.2. The number of aryl methyl sites for hydroxylation is 2. The van der Waals surface area contributed by atoms with Gasteiger partial charge < -0.3 is 35.1 Å². The number of pyridine rings is 2. The number of nitrogens with zero attached hydrogens (tertiary/aromatic N) is 16. The second-order valence-electron chi connectivity index (χ2n) is 20.7. The second-order valence-corrected chi connectivity index (χ2v) is 20.7. The number of aliphatic carboxylic acids is 1. The molecule has 0 bridgehead atoms. The number of carboxylic acids is 1. The Morgan fingerprint density at radius 3 is 1.43 bits per heavy atom. The Kier molecular flexibility index (Phi) is 14.4. The summed E-state index contributed by atoms with van der Waals surface area (Å²) in [6.07, 6.45) is 8.70. The summed E-state index contributed by atoms with van der Waals surface area (Å²) in [5.74, 6) is -7.93. The van der Waals surface area contributed by atoms with E-state index in [1.54, 1.807) is 60.6 Å². The Hall–Kier alpha value is -9.84. The van der Waals surface area contributed by atoms with Gasteiger partial charge in [-0.25, -0.2) is 71.8 Å². The number of piperidine rings is 2. The SMILES string of the molecule is CC(=O)Cn1c(=O)c2c(ncn2[C@@H](C)C(=O)Nc2cccc(-c3cnc(N4CC5C(C4)C5(F)F)cn3)n2)n(C)c1=O.CC(=O)Cn1c(=O)c2c(ncn2[C@@H](C)C(=O)O)n(C)c1=O.Nc1cccc(-c2cnc(N3CC4C(C3)C4(F)F)cn2)n1. The highest BCUT2D eigenvalue weighted by atomic mass is 19.3. The maximum Gasteiger partial charge on any atom is 0.332 e. The molecule has 1 amide bonds. The van der Waals surface area contributed by atoms with Gasteiger partial charge in [0.25, 0.3) is 23.0 Å². The van der Waals surface area contributed by atoms with Gasteiger partial charge in [0.1, 0.15) is 58.3 Å². The Morgan fingerprint density at radius 1 is 0.614 bits per heavy atom. The third-order valence-corrected chi connectivity index (χ3v) is 15.1. The minimum Gasteiger partial charge on any atom is -0.480 e. The monoisotopic (exact) mass is 1150 g/mol. The Labute approximate surface area is 464 Å². The molecule has 2 saturated carbocycles. The summed E-state index contributed by atoms with van der Waals surface area (Å²) in [4.78, 5) is 135. The molecular formula is C52H52F4N18O9. The van der Waals surface area contributed by atoms with Crippen LogP contribution in [-0.2, 0) is 46.4 Å². The zero-order valence-electron chi connectivity index (χ0n) is 45.1. The average Bonchev–Trinajstić information content (AvgIpc) is 2.64. The third kappa shape index (κ3) is 10.5. The van der Waals surface area contributed by atoms with Crippen molar-refractivity contribution in [1.29, 1.82) is 0 Å². The molecule has 31 heteroatoms. The predicted molar refractivity (Wildman–Crippen MR) is 289 cm³/mol. The summed E-state index contributed by atoms with van der Waals surface area (Å²) in [5.41, 5.74) is 5.09. The number of halogens is 4. The lowest BCUT2D eigenvalue weighted by Gasteiger charge is -2.20. The molecule has 0 aromatic carbocycles. The molecule has 8 aromatic heterocycles. The number of amides is 1. The molecule has 4 unspecified atom stereocenters. The van der Waals surface area contributed by atoms with E-state index in [0.29, 0.717) is 53.3 Å². The van der Waals surface area contributed by atoms with E-state index in [1.807, 2.05) is 4.90 Å². The van der Waals surface area contributed by atoms with Crippen LogP contribution in [0.5, 0.6) is 0 Å². The van der Waals surface area contributed by atoms with Gasteiger partial charge in [-0.1, -0.05) is 12.1 Å². The molecule has 432 valence electrons. The summed E-state index contributed by atoms with van der Waals surface area (Å²) in [5, 5.41) is 11.8. The van der Waals surface area contributed by atoms with Gasteiger partial charge in [-0.3, -0.25) is 42.2 Å². The number of hydrogen-bond donors (Lipinski definition) is 3. The fourth-order valence-corrected chi connectivity index (χ4v) is 10.2. The molecule has 0 spiro atoms. The molecule has 6 atom stereocenters. The van der Waals surface area contributed by atoms with Gasteiger partial charge in [0, 0.05) is 40.3 Å². The quantitative estimate of drug-likeness (QED) is 0.139. The summed E-state index contributed by atoms with van der Waals surface area (Å²) in [6, 6.07) is 8.29. The van der Waals surface area contributed by atoms with Crippen LogP contribution in [0.15, 0.2) is 93.0 Å². The van der Waals surface area contributed by atoms with Crippen molar-refractivity contribution in [2.75, 3.05) is 47.0 Å². The first kappa shape index (κ1) is 56.4. The molecule has 8 aromatic rings. The topological polar surface area (TPSA) is 334 Å². The molecule has 27 nitrogen and oxygen atoms in total. The van der Waals surface area contributed by atoms with Crippen LogP contribution in [0.1, 0.15) is 39.8 Å². The van der Waals surface area contributed by atoms with Crippen molar-refractivity contribution in [3.05, 3.63) is 116 Å². The molecule has 4 aliphatic rings. The van der Waals surface area contributed by atoms with Crippen molar-refractivity contribution >= 4 is 69.0 Å². The van der Waals surface area contributed by atoms with Crippen LogP contribution in [0.4, 0.5) is 40.8 Å². The summed E-state index contributed by atoms with van der Waals surface area (Å²) in [6.45, 7) is 5.90. The molecule has 10 heterocycles. The van der Waals surface area contributed by atoms with Crippen LogP contribution in [0.2, 0.25) is 0 Å². The van der Waals surface area contributed by atoms with Crippen molar-refractivity contribution in [1.82, 2.24) is 67.3 Å². The maximum atomic E-state index is 13.5. The Morgan fingerprint density at radius 2 is 1.04 bits per heavy atom. The minimum absolute atomic E-state index is 0.00657. The van der Waals surface area contributed by atoms with E-state index in [1.165, 1.54) is 69.0 Å². The van der Waals surface area contributed by atoms with Gasteiger partial charge in [0.2, 0.25) is 5.91 Å². The highest BCUT2D eigenvalue weighted by molar-refractivity contribution is 5.94. The lowest BCUT2D eigenvalue weighted by molar-refractivity contribution is -0.140. The highest BCUT2D eigenvalue weighted by Gasteiger charge is 2.72. The molecule has 4 N–H and O–H groups in total. The number of imidazole rings is 2. The van der Waals surface area contributed by atoms with Crippen LogP contribution in [0.3, 0.4) is 0 Å². The zero-order chi connectivity index (χ0) is 59.7. The van der Waals surface area contributed by atoms with Crippen LogP contribution < -0.4 is 43.3 Å². The number of nitrogen functional groups attached to an aromatic ring is 1. The number of nitrogens with one attached hydrogen (secondary N) is 1. The molecule has 2 aliphatic heterocycles. The minimum atomic E-state index is -2.58. The van der Waals surface area contributed by atoms with Crippen LogP contribution in [0, 0.1) is 23.7 Å². The van der Waals surface area contributed by atoms with Gasteiger partial charge in [-0.05, 0) is 52.0 Å². The van der Waals surface area contributed by atoms with Crippen LogP contribution in [0.25, 0.3) is 45.1 Å². The van der Waals surface area contributed by atoms with Gasteiger partial charge >= 0.3 is 17.3 Å². The summed E-state index contributed by atoms with van der Waals surface area (Å²) in [7, 11) is 2.84. The molecule has 2 saturated heterocycles. The molecule has 12 rings (SSSR count). The Balaban J connectivity index is 0.000000154. The number of Topliss-reactive ketones (excluding diaryl/α,β-unsaturated/α-hetero) is 2. The van der Waals surface area contributed by atoms with E-state index in [9.17, 15) is 55.9 Å². The van der Waals surface area contributed by atoms with Crippen molar-refractivity contribution in [2.45, 2.75) is 64.7 Å². The van der Waals surface area contributed by atoms with E-state index >= 15 is 0 Å². The average molecular weight is 1150 g/mol. The van der Waals surface area contributed by atoms with E-state index in [0.717, 1.165) is 18.3 Å². The van der Waals surface area contributed by atoms with E-state index < -0.39 is 88.5 Å². The van der Waals surface area contributed by atoms with Crippen molar-refractivity contribution < 1.29 is 41.8 Å². The maximum absolute atomic E-state index is 13.5. The van der Waals surface area contributed by atoms with Gasteiger partial charge in [-0.2, -0.15) is 0 Å². The number of nitrogens with two attached hydrogens (primary N) is 1. The van der Waals surface area contributed by atoms with Crippen molar-refractivity contribution in [3.8, 4) is 22.8 Å². The first-order valence-corrected chi connectivity index (χ1v) is 25.7. The molecule has 83 heavy (non-hydrogen) atoms. The number of carbonyl (C=O) groups is 4. The van der Waals surface area contributed by atoms with Crippen molar-refractivity contribution in [2.24, 2.45) is 37.8 Å². The third-order valence-electron chi connectivity index (χ3n) is 15.1. The number of fused-ring (bicyclic) bond motifs is 4. The summed E-state index contributed by atoms with van der Waals surface area (Å²) >= 11 is 0. The van der Waals surface area contributed by atoms with Gasteiger partial charge in [0.05, 0.1) is 85.6 Å².